The summed E-state index contributed by atoms with van der Waals surface area (Å²) in [4.78, 5) is 26.9. The van der Waals surface area contributed by atoms with Crippen molar-refractivity contribution in [1.82, 2.24) is 10.2 Å². The maximum Gasteiger partial charge on any atom is 0.225 e. The van der Waals surface area contributed by atoms with Gasteiger partial charge in [-0.15, -0.1) is 0 Å². The quantitative estimate of drug-likeness (QED) is 0.824. The Morgan fingerprint density at radius 1 is 0.964 bits per heavy atom. The number of carbonyl (C=O) groups excluding carboxylic acids is 2. The summed E-state index contributed by atoms with van der Waals surface area (Å²) in [6.07, 6.45) is 2.82. The molecule has 1 aliphatic carbocycles. The van der Waals surface area contributed by atoms with Gasteiger partial charge in [-0.1, -0.05) is 48.5 Å². The van der Waals surface area contributed by atoms with Crippen LogP contribution in [0.15, 0.2) is 54.6 Å². The Morgan fingerprint density at radius 3 is 2.25 bits per heavy atom. The van der Waals surface area contributed by atoms with E-state index in [0.717, 1.165) is 18.4 Å². The van der Waals surface area contributed by atoms with Gasteiger partial charge < -0.3 is 10.2 Å². The summed E-state index contributed by atoms with van der Waals surface area (Å²) in [5.41, 5.74) is 1.60. The van der Waals surface area contributed by atoms with Crippen LogP contribution in [0.4, 0.5) is 4.39 Å². The Kier molecular flexibility index (Phi) is 6.80. The molecule has 0 spiro atoms. The molecule has 0 aliphatic heterocycles. The predicted molar refractivity (Wildman–Crippen MR) is 107 cm³/mol. The Hall–Kier alpha value is -2.69. The van der Waals surface area contributed by atoms with Crippen LogP contribution >= 0.6 is 0 Å². The Morgan fingerprint density at radius 2 is 1.57 bits per heavy atom. The molecule has 2 amide bonds. The van der Waals surface area contributed by atoms with E-state index in [1.165, 1.54) is 6.07 Å². The SMILES string of the molecule is CN(Cc1ccccc1)C(=O)C1CCC(C(=O)NCc2ccccc2F)CC1. The zero-order valence-electron chi connectivity index (χ0n) is 16.2. The molecule has 1 fully saturated rings. The molecule has 0 aromatic heterocycles. The van der Waals surface area contributed by atoms with Gasteiger partial charge in [0.2, 0.25) is 11.8 Å². The first-order valence-corrected chi connectivity index (χ1v) is 9.84. The van der Waals surface area contributed by atoms with E-state index in [9.17, 15) is 14.0 Å². The van der Waals surface area contributed by atoms with Crippen LogP contribution in [0.1, 0.15) is 36.8 Å². The van der Waals surface area contributed by atoms with Gasteiger partial charge in [-0.3, -0.25) is 9.59 Å². The first-order valence-electron chi connectivity index (χ1n) is 9.84. The van der Waals surface area contributed by atoms with E-state index in [0.29, 0.717) is 24.9 Å². The average molecular weight is 382 g/mol. The summed E-state index contributed by atoms with van der Waals surface area (Å²) < 4.78 is 13.7. The monoisotopic (exact) mass is 382 g/mol. The highest BCUT2D eigenvalue weighted by atomic mass is 19.1. The van der Waals surface area contributed by atoms with E-state index in [2.05, 4.69) is 5.32 Å². The zero-order chi connectivity index (χ0) is 19.9. The molecule has 1 aliphatic rings. The van der Waals surface area contributed by atoms with Crippen LogP contribution in [0.5, 0.6) is 0 Å². The van der Waals surface area contributed by atoms with E-state index < -0.39 is 0 Å². The van der Waals surface area contributed by atoms with Crippen LogP contribution in [0.3, 0.4) is 0 Å². The summed E-state index contributed by atoms with van der Waals surface area (Å²) in [7, 11) is 1.84. The number of nitrogens with zero attached hydrogens (tertiary/aromatic N) is 1. The zero-order valence-corrected chi connectivity index (χ0v) is 16.2. The van der Waals surface area contributed by atoms with Crippen LogP contribution in [-0.2, 0) is 22.7 Å². The third kappa shape index (κ3) is 5.18. The molecule has 28 heavy (non-hydrogen) atoms. The molecule has 148 valence electrons. The number of amides is 2. The second-order valence-corrected chi connectivity index (χ2v) is 7.54. The van der Waals surface area contributed by atoms with E-state index >= 15 is 0 Å². The highest BCUT2D eigenvalue weighted by Crippen LogP contribution is 2.30. The van der Waals surface area contributed by atoms with Crippen molar-refractivity contribution in [2.45, 2.75) is 38.8 Å². The molecule has 0 atom stereocenters. The summed E-state index contributed by atoms with van der Waals surface area (Å²) in [5, 5.41) is 2.83. The molecule has 0 unspecified atom stereocenters. The molecular weight excluding hydrogens is 355 g/mol. The Balaban J connectivity index is 1.45. The van der Waals surface area contributed by atoms with E-state index in [4.69, 9.17) is 0 Å². The van der Waals surface area contributed by atoms with Crippen molar-refractivity contribution >= 4 is 11.8 Å². The van der Waals surface area contributed by atoms with E-state index in [1.807, 2.05) is 37.4 Å². The van der Waals surface area contributed by atoms with Crippen molar-refractivity contribution in [3.05, 3.63) is 71.5 Å². The first-order chi connectivity index (χ1) is 13.5. The molecule has 0 radical (unpaired) electrons. The number of nitrogens with one attached hydrogen (secondary N) is 1. The fourth-order valence-electron chi connectivity index (χ4n) is 3.82. The maximum atomic E-state index is 13.7. The van der Waals surface area contributed by atoms with E-state index in [-0.39, 0.29) is 36.0 Å². The fraction of sp³-hybridized carbons (Fsp3) is 0.391. The topological polar surface area (TPSA) is 49.4 Å². The summed E-state index contributed by atoms with van der Waals surface area (Å²) >= 11 is 0. The van der Waals surface area contributed by atoms with Crippen LogP contribution < -0.4 is 5.32 Å². The van der Waals surface area contributed by atoms with Gasteiger partial charge in [0, 0.05) is 37.5 Å². The standard InChI is InChI=1S/C23H27FN2O2/c1-26(16-17-7-3-2-4-8-17)23(28)19-13-11-18(12-14-19)22(27)25-15-20-9-5-6-10-21(20)24/h2-10,18-19H,11-16H2,1H3,(H,25,27). The fourth-order valence-corrected chi connectivity index (χ4v) is 3.82. The molecule has 2 aromatic rings. The minimum Gasteiger partial charge on any atom is -0.352 e. The van der Waals surface area contributed by atoms with Crippen LogP contribution in [0.2, 0.25) is 0 Å². The third-order valence-corrected chi connectivity index (χ3v) is 5.50. The van der Waals surface area contributed by atoms with Crippen molar-refractivity contribution in [2.75, 3.05) is 7.05 Å². The molecule has 5 heteroatoms. The largest absolute Gasteiger partial charge is 0.352 e. The van der Waals surface area contributed by atoms with Gasteiger partial charge in [0.15, 0.2) is 0 Å². The minimum absolute atomic E-state index is 0.0238. The van der Waals surface area contributed by atoms with Crippen LogP contribution in [0, 0.1) is 17.7 Å². The van der Waals surface area contributed by atoms with Gasteiger partial charge in [0.25, 0.3) is 0 Å². The average Bonchev–Trinajstić information content (AvgIpc) is 2.73. The number of carbonyl (C=O) groups is 2. The van der Waals surface area contributed by atoms with Crippen molar-refractivity contribution < 1.29 is 14.0 Å². The Bertz CT molecular complexity index is 801. The van der Waals surface area contributed by atoms with Gasteiger partial charge in [-0.2, -0.15) is 0 Å². The lowest BCUT2D eigenvalue weighted by atomic mass is 9.81. The number of hydrogen-bond acceptors (Lipinski definition) is 2. The van der Waals surface area contributed by atoms with Crippen molar-refractivity contribution in [1.29, 1.82) is 0 Å². The highest BCUT2D eigenvalue weighted by molar-refractivity contribution is 5.81. The number of rotatable bonds is 6. The first kappa shape index (κ1) is 20.1. The predicted octanol–water partition coefficient (Wildman–Crippen LogP) is 3.91. The molecule has 3 rings (SSSR count). The third-order valence-electron chi connectivity index (χ3n) is 5.50. The number of halogens is 1. The Labute approximate surface area is 165 Å². The van der Waals surface area contributed by atoms with Crippen molar-refractivity contribution in [2.24, 2.45) is 11.8 Å². The van der Waals surface area contributed by atoms with E-state index in [1.54, 1.807) is 23.1 Å². The number of hydrogen-bond donors (Lipinski definition) is 1. The minimum atomic E-state index is -0.307. The molecule has 0 heterocycles. The molecule has 1 N–H and O–H groups in total. The van der Waals surface area contributed by atoms with Gasteiger partial charge in [-0.25, -0.2) is 4.39 Å². The highest BCUT2D eigenvalue weighted by Gasteiger charge is 2.31. The van der Waals surface area contributed by atoms with Gasteiger partial charge >= 0.3 is 0 Å². The molecule has 2 aromatic carbocycles. The lowest BCUT2D eigenvalue weighted by Crippen LogP contribution is -2.38. The lowest BCUT2D eigenvalue weighted by Gasteiger charge is -2.30. The second-order valence-electron chi connectivity index (χ2n) is 7.54. The lowest BCUT2D eigenvalue weighted by molar-refractivity contribution is -0.137. The van der Waals surface area contributed by atoms with Crippen LogP contribution in [-0.4, -0.2) is 23.8 Å². The molecule has 0 bridgehead atoms. The molecule has 1 saturated carbocycles. The normalized spacial score (nSPS) is 19.1. The maximum absolute atomic E-state index is 13.7. The summed E-state index contributed by atoms with van der Waals surface area (Å²) in [6, 6.07) is 16.4. The van der Waals surface area contributed by atoms with Crippen molar-refractivity contribution in [3.63, 3.8) is 0 Å². The molecule has 4 nitrogen and oxygen atoms in total. The number of benzene rings is 2. The second kappa shape index (κ2) is 9.49. The van der Waals surface area contributed by atoms with Crippen molar-refractivity contribution in [3.8, 4) is 0 Å². The van der Waals surface area contributed by atoms with Gasteiger partial charge in [0.1, 0.15) is 5.82 Å². The summed E-state index contributed by atoms with van der Waals surface area (Å²) in [6.45, 7) is 0.799. The van der Waals surface area contributed by atoms with Crippen LogP contribution in [0.25, 0.3) is 0 Å². The molecular formula is C23H27FN2O2. The van der Waals surface area contributed by atoms with Gasteiger partial charge in [-0.05, 0) is 37.3 Å². The smallest absolute Gasteiger partial charge is 0.225 e. The molecule has 0 saturated heterocycles. The van der Waals surface area contributed by atoms with Gasteiger partial charge in [0.05, 0.1) is 0 Å². The summed E-state index contributed by atoms with van der Waals surface area (Å²) in [5.74, 6) is -0.334.